The van der Waals surface area contributed by atoms with Crippen LogP contribution in [-0.4, -0.2) is 24.9 Å². The Hall–Kier alpha value is -3.21. The number of nitrogens with one attached hydrogen (secondary N) is 1. The van der Waals surface area contributed by atoms with Crippen molar-refractivity contribution in [2.75, 3.05) is 0 Å². The van der Waals surface area contributed by atoms with E-state index in [1.807, 2.05) is 6.07 Å². The number of aryl methyl sites for hydroxylation is 1. The summed E-state index contributed by atoms with van der Waals surface area (Å²) < 4.78 is 42.1. The molecule has 0 saturated carbocycles. The average Bonchev–Trinajstić information content (AvgIpc) is 2.92. The van der Waals surface area contributed by atoms with Crippen LogP contribution in [0, 0.1) is 28.5 Å². The van der Waals surface area contributed by atoms with Gasteiger partial charge in [-0.25, -0.2) is 22.5 Å². The number of benzene rings is 1. The lowest BCUT2D eigenvalue weighted by Gasteiger charge is -2.08. The van der Waals surface area contributed by atoms with E-state index in [0.29, 0.717) is 0 Å². The van der Waals surface area contributed by atoms with Gasteiger partial charge in [-0.3, -0.25) is 0 Å². The highest BCUT2D eigenvalue weighted by molar-refractivity contribution is 7.89. The second-order valence-electron chi connectivity index (χ2n) is 5.99. The van der Waals surface area contributed by atoms with Crippen LogP contribution in [0.1, 0.15) is 30.7 Å². The van der Waals surface area contributed by atoms with Gasteiger partial charge in [0.1, 0.15) is 39.9 Å². The van der Waals surface area contributed by atoms with Crippen LogP contribution >= 0.6 is 0 Å². The Kier molecular flexibility index (Phi) is 5.64. The van der Waals surface area contributed by atoms with Crippen molar-refractivity contribution in [2.45, 2.75) is 24.8 Å². The molecular formula is C17H17FN6O2S. The van der Waals surface area contributed by atoms with E-state index in [9.17, 15) is 18.1 Å². The van der Waals surface area contributed by atoms with Crippen molar-refractivity contribution in [1.82, 2.24) is 9.29 Å². The number of nitriles is 2. The van der Waals surface area contributed by atoms with Crippen LogP contribution < -0.4 is 10.5 Å². The van der Waals surface area contributed by atoms with E-state index in [2.05, 4.69) is 9.71 Å². The van der Waals surface area contributed by atoms with Crippen molar-refractivity contribution in [3.63, 3.8) is 0 Å². The van der Waals surface area contributed by atoms with E-state index in [1.165, 1.54) is 29.9 Å². The van der Waals surface area contributed by atoms with Gasteiger partial charge < -0.3 is 10.3 Å². The predicted molar refractivity (Wildman–Crippen MR) is 97.1 cm³/mol. The Morgan fingerprint density at radius 2 is 2.00 bits per heavy atom. The van der Waals surface area contributed by atoms with Crippen molar-refractivity contribution in [3.8, 4) is 12.1 Å². The molecule has 0 radical (unpaired) electrons. The van der Waals surface area contributed by atoms with E-state index in [-0.39, 0.29) is 39.3 Å². The number of hydrogen-bond acceptors (Lipinski definition) is 5. The molecule has 27 heavy (non-hydrogen) atoms. The molecule has 140 valence electrons. The first-order chi connectivity index (χ1) is 12.6. The molecule has 0 amide bonds. The number of amidine groups is 1. The summed E-state index contributed by atoms with van der Waals surface area (Å²) >= 11 is 0. The van der Waals surface area contributed by atoms with Gasteiger partial charge in [-0.05, 0) is 32.0 Å². The van der Waals surface area contributed by atoms with E-state index in [1.54, 1.807) is 19.9 Å². The van der Waals surface area contributed by atoms with Gasteiger partial charge >= 0.3 is 0 Å². The first-order valence-corrected chi connectivity index (χ1v) is 9.25. The quantitative estimate of drug-likeness (QED) is 0.592. The smallest absolute Gasteiger partial charge is 0.243 e. The van der Waals surface area contributed by atoms with Gasteiger partial charge in [0, 0.05) is 19.3 Å². The van der Waals surface area contributed by atoms with E-state index in [4.69, 9.17) is 11.0 Å². The largest absolute Gasteiger partial charge is 0.382 e. The third kappa shape index (κ3) is 4.14. The Balaban J connectivity index is 2.60. The third-order valence-electron chi connectivity index (χ3n) is 3.50. The fourth-order valence-corrected chi connectivity index (χ4v) is 3.91. The molecule has 0 aliphatic rings. The van der Waals surface area contributed by atoms with Crippen LogP contribution in [0.3, 0.4) is 0 Å². The number of sulfonamides is 1. The minimum Gasteiger partial charge on any atom is -0.382 e. The number of rotatable bonds is 5. The fourth-order valence-electron chi connectivity index (χ4n) is 2.45. The number of hydrogen-bond donors (Lipinski definition) is 2. The fraction of sp³-hybridized carbons (Fsp3) is 0.235. The summed E-state index contributed by atoms with van der Waals surface area (Å²) in [7, 11) is -2.40. The molecule has 2 rings (SSSR count). The summed E-state index contributed by atoms with van der Waals surface area (Å²) in [5.74, 6) is -0.838. The Labute approximate surface area is 156 Å². The van der Waals surface area contributed by atoms with Crippen molar-refractivity contribution < 1.29 is 12.8 Å². The topological polar surface area (TPSA) is 137 Å². The summed E-state index contributed by atoms with van der Waals surface area (Å²) in [4.78, 5) is 3.88. The summed E-state index contributed by atoms with van der Waals surface area (Å²) in [6, 6.07) is 6.77. The minimum atomic E-state index is -3.92. The van der Waals surface area contributed by atoms with Crippen molar-refractivity contribution in [2.24, 2.45) is 17.8 Å². The van der Waals surface area contributed by atoms with Gasteiger partial charge in [0.25, 0.3) is 0 Å². The molecule has 0 aliphatic carbocycles. The molecule has 0 atom stereocenters. The van der Waals surface area contributed by atoms with Gasteiger partial charge in [0.05, 0.1) is 11.3 Å². The lowest BCUT2D eigenvalue weighted by Crippen LogP contribution is -2.30. The summed E-state index contributed by atoms with van der Waals surface area (Å²) in [5, 5.41) is 18.4. The predicted octanol–water partition coefficient (Wildman–Crippen LogP) is 1.63. The van der Waals surface area contributed by atoms with Gasteiger partial charge in [0.15, 0.2) is 0 Å². The second kappa shape index (κ2) is 7.58. The van der Waals surface area contributed by atoms with Gasteiger partial charge in [-0.2, -0.15) is 10.5 Å². The lowest BCUT2D eigenvalue weighted by atomic mass is 10.2. The molecule has 3 N–H and O–H groups in total. The molecule has 2 aromatic rings. The van der Waals surface area contributed by atoms with Crippen LogP contribution in [-0.2, 0) is 17.1 Å². The van der Waals surface area contributed by atoms with Gasteiger partial charge in [0.2, 0.25) is 10.0 Å². The zero-order chi connectivity index (χ0) is 20.4. The molecule has 8 nitrogen and oxygen atoms in total. The molecule has 1 aromatic heterocycles. The zero-order valence-corrected chi connectivity index (χ0v) is 15.7. The Morgan fingerprint density at radius 3 is 2.56 bits per heavy atom. The molecule has 10 heteroatoms. The zero-order valence-electron chi connectivity index (χ0n) is 14.9. The number of nitrogens with zero attached hydrogens (tertiary/aromatic N) is 4. The van der Waals surface area contributed by atoms with Crippen molar-refractivity contribution >= 4 is 21.5 Å². The number of aromatic nitrogens is 1. The Morgan fingerprint density at radius 1 is 1.33 bits per heavy atom. The normalized spacial score (nSPS) is 12.0. The van der Waals surface area contributed by atoms with Gasteiger partial charge in [-0.15, -0.1) is 0 Å². The lowest BCUT2D eigenvalue weighted by molar-refractivity contribution is 0.569. The Bertz CT molecular complexity index is 1100. The minimum absolute atomic E-state index is 0.101. The summed E-state index contributed by atoms with van der Waals surface area (Å²) in [6.07, 6.45) is 1.27. The molecule has 0 aliphatic heterocycles. The van der Waals surface area contributed by atoms with Crippen LogP contribution in [0.4, 0.5) is 10.1 Å². The first kappa shape index (κ1) is 20.1. The molecule has 1 aromatic carbocycles. The summed E-state index contributed by atoms with van der Waals surface area (Å²) in [6.45, 7) is 3.31. The first-order valence-electron chi connectivity index (χ1n) is 7.76. The van der Waals surface area contributed by atoms with Crippen LogP contribution in [0.25, 0.3) is 0 Å². The average molecular weight is 388 g/mol. The number of nitrogens with two attached hydrogens (primary N) is 1. The van der Waals surface area contributed by atoms with E-state index < -0.39 is 15.8 Å². The SMILES string of the molecule is CC(C)NS(=O)(=O)c1cn(C)c(C(N)=Nc2ccc(F)c(C#N)c2)c1C#N. The van der Waals surface area contributed by atoms with Crippen molar-refractivity contribution in [1.29, 1.82) is 10.5 Å². The molecule has 1 heterocycles. The van der Waals surface area contributed by atoms with E-state index >= 15 is 0 Å². The molecular weight excluding hydrogens is 371 g/mol. The van der Waals surface area contributed by atoms with Crippen LogP contribution in [0.2, 0.25) is 0 Å². The highest BCUT2D eigenvalue weighted by Crippen LogP contribution is 2.23. The number of halogens is 1. The van der Waals surface area contributed by atoms with Gasteiger partial charge in [-0.1, -0.05) is 0 Å². The second-order valence-corrected chi connectivity index (χ2v) is 7.67. The maximum Gasteiger partial charge on any atom is 0.243 e. The highest BCUT2D eigenvalue weighted by atomic mass is 32.2. The molecule has 0 unspecified atom stereocenters. The molecule has 0 fully saturated rings. The molecule has 0 spiro atoms. The van der Waals surface area contributed by atoms with Crippen molar-refractivity contribution in [3.05, 3.63) is 47.0 Å². The highest BCUT2D eigenvalue weighted by Gasteiger charge is 2.27. The molecule has 0 bridgehead atoms. The molecule has 0 saturated heterocycles. The maximum absolute atomic E-state index is 13.4. The van der Waals surface area contributed by atoms with Crippen LogP contribution in [0.15, 0.2) is 34.3 Å². The summed E-state index contributed by atoms with van der Waals surface area (Å²) in [5.41, 5.74) is 5.91. The standard InChI is InChI=1S/C17H17FN6O2S/c1-10(2)23-27(25,26)15-9-24(3)16(13(15)8-20)17(21)22-12-4-5-14(18)11(6-12)7-19/h4-6,9-10,23H,1-3H3,(H2,21,22). The van der Waals surface area contributed by atoms with E-state index in [0.717, 1.165) is 6.07 Å². The maximum atomic E-state index is 13.4. The van der Waals surface area contributed by atoms with Crippen LogP contribution in [0.5, 0.6) is 0 Å². The third-order valence-corrected chi connectivity index (χ3v) is 5.17. The monoisotopic (exact) mass is 388 g/mol. The number of aliphatic imine (C=N–C) groups is 1.